The molecule has 1 saturated heterocycles. The van der Waals surface area contributed by atoms with Crippen LogP contribution >= 0.6 is 11.6 Å². The summed E-state index contributed by atoms with van der Waals surface area (Å²) in [6.07, 6.45) is 10.3. The zero-order valence-corrected chi connectivity index (χ0v) is 19.8. The maximum atomic E-state index is 13.5. The van der Waals surface area contributed by atoms with E-state index in [9.17, 15) is 8.42 Å². The molecule has 0 amide bonds. The number of halogens is 1. The Morgan fingerprint density at radius 3 is 2.33 bits per heavy atom. The normalized spacial score (nSPS) is 23.6. The van der Waals surface area contributed by atoms with Gasteiger partial charge < -0.3 is 9.64 Å². The quantitative estimate of drug-likeness (QED) is 0.619. The maximum Gasteiger partial charge on any atom is 0.246 e. The Labute approximate surface area is 186 Å². The summed E-state index contributed by atoms with van der Waals surface area (Å²) in [5, 5.41) is 0.431. The second-order valence-corrected chi connectivity index (χ2v) is 12.1. The standard InChI is InChI=1S/C23H35ClN2O3S/c1-25(2)20-8-10-23(11-9-20)12-14-26(15-13-23)30(27,28)22-16-19(24)6-7-21(22)29-17-18-4-3-5-18/h6-7,16,18,20H,3-5,8-15,17H2,1-2H3. The van der Waals surface area contributed by atoms with Gasteiger partial charge in [-0.3, -0.25) is 0 Å². The van der Waals surface area contributed by atoms with Gasteiger partial charge in [0.2, 0.25) is 10.0 Å². The molecule has 0 bridgehead atoms. The van der Waals surface area contributed by atoms with E-state index in [0.29, 0.717) is 47.8 Å². The number of sulfonamides is 1. The summed E-state index contributed by atoms with van der Waals surface area (Å²) in [4.78, 5) is 2.55. The van der Waals surface area contributed by atoms with E-state index in [-0.39, 0.29) is 4.90 Å². The summed E-state index contributed by atoms with van der Waals surface area (Å²) in [6, 6.07) is 5.64. The van der Waals surface area contributed by atoms with Crippen molar-refractivity contribution in [1.82, 2.24) is 9.21 Å². The van der Waals surface area contributed by atoms with Gasteiger partial charge in [0.15, 0.2) is 0 Å². The molecule has 2 aliphatic carbocycles. The van der Waals surface area contributed by atoms with Crippen molar-refractivity contribution >= 4 is 21.6 Å². The minimum atomic E-state index is -3.62. The van der Waals surface area contributed by atoms with E-state index in [1.54, 1.807) is 22.5 Å². The van der Waals surface area contributed by atoms with Crippen LogP contribution in [0.25, 0.3) is 0 Å². The lowest BCUT2D eigenvalue weighted by Crippen LogP contribution is -2.46. The Balaban J connectivity index is 1.44. The molecule has 0 atom stereocenters. The fraction of sp³-hybridized carbons (Fsp3) is 0.739. The second kappa shape index (κ2) is 8.97. The number of hydrogen-bond acceptors (Lipinski definition) is 4. The van der Waals surface area contributed by atoms with Crippen LogP contribution < -0.4 is 4.74 Å². The van der Waals surface area contributed by atoms with Gasteiger partial charge in [-0.05, 0) is 95.0 Å². The second-order valence-electron chi connectivity index (χ2n) is 9.80. The zero-order chi connectivity index (χ0) is 21.4. The lowest BCUT2D eigenvalue weighted by molar-refractivity contribution is 0.0666. The van der Waals surface area contributed by atoms with Crippen LogP contribution in [-0.2, 0) is 10.0 Å². The number of nitrogens with zero attached hydrogens (tertiary/aromatic N) is 2. The number of ether oxygens (including phenoxy) is 1. The smallest absolute Gasteiger partial charge is 0.246 e. The van der Waals surface area contributed by atoms with E-state index in [1.165, 1.54) is 44.9 Å². The number of benzene rings is 1. The topological polar surface area (TPSA) is 49.9 Å². The molecule has 5 nitrogen and oxygen atoms in total. The molecule has 0 radical (unpaired) electrons. The Hall–Kier alpha value is -0.820. The van der Waals surface area contributed by atoms with Gasteiger partial charge in [-0.1, -0.05) is 18.0 Å². The van der Waals surface area contributed by atoms with Crippen LogP contribution in [0.15, 0.2) is 23.1 Å². The minimum absolute atomic E-state index is 0.224. The van der Waals surface area contributed by atoms with Crippen molar-refractivity contribution in [2.24, 2.45) is 11.3 Å². The third-order valence-electron chi connectivity index (χ3n) is 7.75. The van der Waals surface area contributed by atoms with Gasteiger partial charge in [-0.2, -0.15) is 4.31 Å². The molecular formula is C23H35ClN2O3S. The van der Waals surface area contributed by atoms with Crippen molar-refractivity contribution in [3.8, 4) is 5.75 Å². The lowest BCUT2D eigenvalue weighted by Gasteiger charge is -2.46. The molecular weight excluding hydrogens is 420 g/mol. The van der Waals surface area contributed by atoms with E-state index >= 15 is 0 Å². The van der Waals surface area contributed by atoms with Crippen LogP contribution in [0.3, 0.4) is 0 Å². The fourth-order valence-electron chi connectivity index (χ4n) is 5.24. The molecule has 1 aliphatic heterocycles. The van der Waals surface area contributed by atoms with Crippen LogP contribution in [0.1, 0.15) is 57.8 Å². The van der Waals surface area contributed by atoms with E-state index in [2.05, 4.69) is 19.0 Å². The highest BCUT2D eigenvalue weighted by Crippen LogP contribution is 2.46. The van der Waals surface area contributed by atoms with Gasteiger partial charge in [-0.25, -0.2) is 8.42 Å². The maximum absolute atomic E-state index is 13.5. The largest absolute Gasteiger partial charge is 0.492 e. The summed E-state index contributed by atoms with van der Waals surface area (Å²) in [7, 11) is 0.705. The lowest BCUT2D eigenvalue weighted by atomic mass is 9.67. The van der Waals surface area contributed by atoms with Crippen LogP contribution in [0.2, 0.25) is 5.02 Å². The predicted molar refractivity (Wildman–Crippen MR) is 121 cm³/mol. The first-order valence-corrected chi connectivity index (χ1v) is 13.2. The fourth-order valence-corrected chi connectivity index (χ4v) is 7.08. The third-order valence-corrected chi connectivity index (χ3v) is 9.91. The first kappa shape index (κ1) is 22.4. The molecule has 1 heterocycles. The summed E-state index contributed by atoms with van der Waals surface area (Å²) < 4.78 is 34.6. The van der Waals surface area contributed by atoms with Gasteiger partial charge >= 0.3 is 0 Å². The summed E-state index contributed by atoms with van der Waals surface area (Å²) in [5.41, 5.74) is 0.316. The zero-order valence-electron chi connectivity index (χ0n) is 18.3. The van der Waals surface area contributed by atoms with Crippen LogP contribution in [0.4, 0.5) is 0 Å². The first-order valence-electron chi connectivity index (χ1n) is 11.4. The molecule has 7 heteroatoms. The van der Waals surface area contributed by atoms with E-state index in [4.69, 9.17) is 16.3 Å². The molecule has 1 spiro atoms. The van der Waals surface area contributed by atoms with Crippen molar-refractivity contribution in [1.29, 1.82) is 0 Å². The Morgan fingerprint density at radius 1 is 1.10 bits per heavy atom. The molecule has 4 rings (SSSR count). The van der Waals surface area contributed by atoms with Crippen molar-refractivity contribution in [2.45, 2.75) is 68.7 Å². The molecule has 3 aliphatic rings. The molecule has 30 heavy (non-hydrogen) atoms. The molecule has 1 aromatic carbocycles. The van der Waals surface area contributed by atoms with E-state index < -0.39 is 10.0 Å². The highest BCUT2D eigenvalue weighted by molar-refractivity contribution is 7.89. The van der Waals surface area contributed by atoms with Gasteiger partial charge in [0.05, 0.1) is 6.61 Å². The predicted octanol–water partition coefficient (Wildman–Crippen LogP) is 4.79. The number of hydrogen-bond donors (Lipinski definition) is 0. The monoisotopic (exact) mass is 454 g/mol. The van der Waals surface area contributed by atoms with E-state index in [0.717, 1.165) is 12.8 Å². The SMILES string of the molecule is CN(C)C1CCC2(CC1)CCN(S(=O)(=O)c1cc(Cl)ccc1OCC1CCC1)CC2. The molecule has 3 fully saturated rings. The summed E-state index contributed by atoms with van der Waals surface area (Å²) in [5.74, 6) is 0.987. The van der Waals surface area contributed by atoms with Gasteiger partial charge in [0.1, 0.15) is 10.6 Å². The molecule has 0 N–H and O–H groups in total. The molecule has 2 saturated carbocycles. The Kier molecular flexibility index (Phi) is 6.69. The van der Waals surface area contributed by atoms with Crippen molar-refractivity contribution in [3.05, 3.63) is 23.2 Å². The average Bonchev–Trinajstić information content (AvgIpc) is 2.68. The first-order chi connectivity index (χ1) is 14.3. The van der Waals surface area contributed by atoms with Gasteiger partial charge in [0.25, 0.3) is 0 Å². The van der Waals surface area contributed by atoms with Crippen molar-refractivity contribution in [3.63, 3.8) is 0 Å². The van der Waals surface area contributed by atoms with Crippen molar-refractivity contribution < 1.29 is 13.2 Å². The summed E-state index contributed by atoms with van der Waals surface area (Å²) >= 11 is 6.18. The van der Waals surface area contributed by atoms with Crippen LogP contribution in [-0.4, -0.2) is 57.5 Å². The van der Waals surface area contributed by atoms with Crippen molar-refractivity contribution in [2.75, 3.05) is 33.8 Å². The molecule has 0 aromatic heterocycles. The van der Waals surface area contributed by atoms with Gasteiger partial charge in [0, 0.05) is 24.2 Å². The van der Waals surface area contributed by atoms with E-state index in [1.807, 2.05) is 0 Å². The molecule has 1 aromatic rings. The van der Waals surface area contributed by atoms with Gasteiger partial charge in [-0.15, -0.1) is 0 Å². The number of rotatable bonds is 6. The summed E-state index contributed by atoms with van der Waals surface area (Å²) in [6.45, 7) is 1.76. The van der Waals surface area contributed by atoms with Crippen LogP contribution in [0, 0.1) is 11.3 Å². The Morgan fingerprint density at radius 2 is 1.77 bits per heavy atom. The minimum Gasteiger partial charge on any atom is -0.492 e. The average molecular weight is 455 g/mol. The molecule has 0 unspecified atom stereocenters. The van der Waals surface area contributed by atoms with Crippen LogP contribution in [0.5, 0.6) is 5.75 Å². The molecule has 168 valence electrons. The Bertz CT molecular complexity index is 836. The highest BCUT2D eigenvalue weighted by atomic mass is 35.5. The number of piperidine rings is 1. The highest BCUT2D eigenvalue weighted by Gasteiger charge is 2.41. The third kappa shape index (κ3) is 4.67.